The number of amides is 2. The van der Waals surface area contributed by atoms with Crippen LogP contribution in [0, 0.1) is 12.7 Å². The molecule has 6 nitrogen and oxygen atoms in total. The van der Waals surface area contributed by atoms with Crippen LogP contribution < -0.4 is 10.2 Å². The molecule has 32 heavy (non-hydrogen) atoms. The summed E-state index contributed by atoms with van der Waals surface area (Å²) in [5, 5.41) is 8.34. The lowest BCUT2D eigenvalue weighted by Crippen LogP contribution is -2.35. The first-order chi connectivity index (χ1) is 15.4. The third kappa shape index (κ3) is 3.46. The van der Waals surface area contributed by atoms with E-state index in [9.17, 15) is 14.0 Å². The molecule has 1 aliphatic heterocycles. The molecular weight excluding hydrogens is 427 g/mol. The SMILES string of the molecule is Cc1nn(C)c2sc(C(=O)N3CCCc4c(NC(=O)c5ccc(F)cc5)cccc43)cc12. The molecule has 0 saturated heterocycles. The monoisotopic (exact) mass is 448 g/mol. The Morgan fingerprint density at radius 3 is 2.69 bits per heavy atom. The minimum absolute atomic E-state index is 0.0476. The molecule has 162 valence electrons. The van der Waals surface area contributed by atoms with Crippen LogP contribution in [0.15, 0.2) is 48.5 Å². The van der Waals surface area contributed by atoms with E-state index >= 15 is 0 Å². The van der Waals surface area contributed by atoms with Crippen LogP contribution >= 0.6 is 11.3 Å². The van der Waals surface area contributed by atoms with Crippen molar-refractivity contribution in [2.75, 3.05) is 16.8 Å². The van der Waals surface area contributed by atoms with Gasteiger partial charge in [0.1, 0.15) is 10.6 Å². The molecule has 0 spiro atoms. The van der Waals surface area contributed by atoms with Gasteiger partial charge in [0.2, 0.25) is 0 Å². The molecule has 0 aliphatic carbocycles. The summed E-state index contributed by atoms with van der Waals surface area (Å²) in [5.74, 6) is -0.747. The molecule has 0 bridgehead atoms. The van der Waals surface area contributed by atoms with E-state index in [4.69, 9.17) is 0 Å². The smallest absolute Gasteiger partial charge is 0.268 e. The highest BCUT2D eigenvalue weighted by Gasteiger charge is 2.27. The van der Waals surface area contributed by atoms with Crippen molar-refractivity contribution in [2.24, 2.45) is 7.05 Å². The Hall–Kier alpha value is -3.52. The van der Waals surface area contributed by atoms with Gasteiger partial charge >= 0.3 is 0 Å². The Balaban J connectivity index is 1.45. The maximum Gasteiger partial charge on any atom is 0.268 e. The fourth-order valence-electron chi connectivity index (χ4n) is 4.19. The number of rotatable bonds is 3. The van der Waals surface area contributed by atoms with E-state index < -0.39 is 0 Å². The van der Waals surface area contributed by atoms with Gasteiger partial charge in [-0.1, -0.05) is 6.07 Å². The topological polar surface area (TPSA) is 67.2 Å². The summed E-state index contributed by atoms with van der Waals surface area (Å²) in [6.07, 6.45) is 1.56. The number of aryl methyl sites for hydroxylation is 2. The molecule has 1 aliphatic rings. The summed E-state index contributed by atoms with van der Waals surface area (Å²) in [7, 11) is 1.88. The molecule has 0 saturated carbocycles. The van der Waals surface area contributed by atoms with Crippen LogP contribution in [-0.2, 0) is 13.5 Å². The van der Waals surface area contributed by atoms with Gasteiger partial charge in [0.15, 0.2) is 0 Å². The molecule has 5 rings (SSSR count). The maximum atomic E-state index is 13.4. The molecule has 4 aromatic rings. The van der Waals surface area contributed by atoms with E-state index in [1.165, 1.54) is 35.6 Å². The van der Waals surface area contributed by atoms with E-state index in [0.29, 0.717) is 22.7 Å². The standard InChI is InChI=1S/C24H21FN4O2S/c1-14-18-13-21(32-24(18)28(2)27-14)23(31)29-12-4-5-17-19(6-3-7-20(17)29)26-22(30)15-8-10-16(25)11-9-15/h3,6-11,13H,4-5,12H2,1-2H3,(H,26,30). The van der Waals surface area contributed by atoms with E-state index in [-0.39, 0.29) is 17.6 Å². The van der Waals surface area contributed by atoms with Gasteiger partial charge in [0.05, 0.1) is 10.6 Å². The summed E-state index contributed by atoms with van der Waals surface area (Å²) in [4.78, 5) is 29.5. The minimum Gasteiger partial charge on any atom is -0.322 e. The number of nitrogens with zero attached hydrogens (tertiary/aromatic N) is 3. The summed E-state index contributed by atoms with van der Waals surface area (Å²) >= 11 is 1.44. The van der Waals surface area contributed by atoms with Crippen molar-refractivity contribution >= 4 is 44.7 Å². The largest absolute Gasteiger partial charge is 0.322 e. The van der Waals surface area contributed by atoms with Gasteiger partial charge in [0, 0.05) is 35.9 Å². The third-order valence-corrected chi connectivity index (χ3v) is 6.95. The number of halogens is 1. The third-order valence-electron chi connectivity index (χ3n) is 5.76. The van der Waals surface area contributed by atoms with Crippen molar-refractivity contribution in [1.29, 1.82) is 0 Å². The van der Waals surface area contributed by atoms with Crippen molar-refractivity contribution in [3.05, 3.63) is 76.0 Å². The van der Waals surface area contributed by atoms with Crippen LogP contribution in [0.1, 0.15) is 37.7 Å². The molecule has 3 heterocycles. The number of hydrogen-bond acceptors (Lipinski definition) is 4. The van der Waals surface area contributed by atoms with Crippen molar-refractivity contribution in [2.45, 2.75) is 19.8 Å². The highest BCUT2D eigenvalue weighted by atomic mass is 32.1. The number of fused-ring (bicyclic) bond motifs is 2. The van der Waals surface area contributed by atoms with Crippen LogP contribution in [-0.4, -0.2) is 28.1 Å². The fourth-order valence-corrected chi connectivity index (χ4v) is 5.26. The second-order valence-electron chi connectivity index (χ2n) is 7.86. The van der Waals surface area contributed by atoms with Gasteiger partial charge in [-0.15, -0.1) is 11.3 Å². The number of carbonyl (C=O) groups is 2. The Morgan fingerprint density at radius 2 is 1.94 bits per heavy atom. The summed E-state index contributed by atoms with van der Waals surface area (Å²) in [6.45, 7) is 2.56. The highest BCUT2D eigenvalue weighted by Crippen LogP contribution is 2.36. The van der Waals surface area contributed by atoms with Gasteiger partial charge in [-0.3, -0.25) is 14.3 Å². The average molecular weight is 449 g/mol. The molecule has 2 aromatic heterocycles. The quantitative estimate of drug-likeness (QED) is 0.483. The Kier molecular flexibility index (Phi) is 5.01. The molecule has 1 N–H and O–H groups in total. The van der Waals surface area contributed by atoms with E-state index in [0.717, 1.165) is 40.0 Å². The zero-order valence-electron chi connectivity index (χ0n) is 17.7. The normalized spacial score (nSPS) is 13.3. The van der Waals surface area contributed by atoms with Crippen molar-refractivity contribution in [1.82, 2.24) is 9.78 Å². The molecule has 8 heteroatoms. The zero-order valence-corrected chi connectivity index (χ0v) is 18.5. The van der Waals surface area contributed by atoms with Gasteiger partial charge in [-0.05, 0) is 67.8 Å². The molecule has 2 aromatic carbocycles. The zero-order chi connectivity index (χ0) is 22.4. The lowest BCUT2D eigenvalue weighted by molar-refractivity contribution is 0.0988. The van der Waals surface area contributed by atoms with Crippen molar-refractivity contribution in [3.8, 4) is 0 Å². The number of anilines is 2. The van der Waals surface area contributed by atoms with Gasteiger partial charge in [0.25, 0.3) is 11.8 Å². The second-order valence-corrected chi connectivity index (χ2v) is 8.89. The Bertz CT molecular complexity index is 1320. The van der Waals surface area contributed by atoms with E-state index in [1.54, 1.807) is 9.58 Å². The van der Waals surface area contributed by atoms with Gasteiger partial charge in [-0.25, -0.2) is 4.39 Å². The average Bonchev–Trinajstić information content (AvgIpc) is 3.35. The number of nitrogens with one attached hydrogen (secondary N) is 1. The lowest BCUT2D eigenvalue weighted by Gasteiger charge is -2.30. The maximum absolute atomic E-state index is 13.4. The number of carbonyl (C=O) groups excluding carboxylic acids is 2. The van der Waals surface area contributed by atoms with Crippen LogP contribution in [0.4, 0.5) is 15.8 Å². The van der Waals surface area contributed by atoms with Gasteiger partial charge < -0.3 is 10.2 Å². The second kappa shape index (κ2) is 7.87. The van der Waals surface area contributed by atoms with E-state index in [2.05, 4.69) is 10.4 Å². The van der Waals surface area contributed by atoms with Crippen molar-refractivity contribution in [3.63, 3.8) is 0 Å². The number of benzene rings is 2. The number of thiophene rings is 1. The lowest BCUT2D eigenvalue weighted by atomic mass is 9.99. The predicted molar refractivity (Wildman–Crippen MR) is 124 cm³/mol. The van der Waals surface area contributed by atoms with Crippen LogP contribution in [0.3, 0.4) is 0 Å². The van der Waals surface area contributed by atoms with Crippen LogP contribution in [0.25, 0.3) is 10.2 Å². The molecule has 0 radical (unpaired) electrons. The molecule has 0 atom stereocenters. The minimum atomic E-state index is -0.389. The summed E-state index contributed by atoms with van der Waals surface area (Å²) < 4.78 is 15.0. The molecular formula is C24H21FN4O2S. The molecule has 0 unspecified atom stereocenters. The van der Waals surface area contributed by atoms with Crippen LogP contribution in [0.5, 0.6) is 0 Å². The first kappa shape index (κ1) is 20.4. The number of hydrogen-bond donors (Lipinski definition) is 1. The number of aromatic nitrogens is 2. The summed E-state index contributed by atoms with van der Waals surface area (Å²) in [6, 6.07) is 12.9. The van der Waals surface area contributed by atoms with Gasteiger partial charge in [-0.2, -0.15) is 5.10 Å². The van der Waals surface area contributed by atoms with Crippen LogP contribution in [0.2, 0.25) is 0 Å². The Labute approximate surface area is 188 Å². The van der Waals surface area contributed by atoms with E-state index in [1.807, 2.05) is 38.2 Å². The Morgan fingerprint density at radius 1 is 1.16 bits per heavy atom. The first-order valence-corrected chi connectivity index (χ1v) is 11.2. The first-order valence-electron chi connectivity index (χ1n) is 10.4. The fraction of sp³-hybridized carbons (Fsp3) is 0.208. The van der Waals surface area contributed by atoms with Crippen molar-refractivity contribution < 1.29 is 14.0 Å². The summed E-state index contributed by atoms with van der Waals surface area (Å²) in [5.41, 5.74) is 3.70. The predicted octanol–water partition coefficient (Wildman–Crippen LogP) is 4.93. The molecule has 0 fully saturated rings. The molecule has 2 amide bonds. The highest BCUT2D eigenvalue weighted by molar-refractivity contribution is 7.20.